The summed E-state index contributed by atoms with van der Waals surface area (Å²) in [5.74, 6) is -2.11. The second kappa shape index (κ2) is 38.8. The molecule has 11 rings (SSSR count). The van der Waals surface area contributed by atoms with Gasteiger partial charge in [0.25, 0.3) is 0 Å². The first-order chi connectivity index (χ1) is 54.1. The number of hydroxylamine groups is 1. The Labute approximate surface area is 652 Å². The van der Waals surface area contributed by atoms with E-state index in [9.17, 15) is 137 Å². The van der Waals surface area contributed by atoms with Crippen molar-refractivity contribution in [1.29, 1.82) is 0 Å². The molecule has 26 N–H and O–H groups in total. The molecule has 44 nitrogen and oxygen atoms in total. The fourth-order valence-electron chi connectivity index (χ4n) is 18.5. The number of aliphatic hydroxyl groups excluding tert-OH is 24. The summed E-state index contributed by atoms with van der Waals surface area (Å²) < 4.78 is 94.6. The molecule has 0 bridgehead atoms. The fourth-order valence-corrected chi connectivity index (χ4v) is 18.5. The van der Waals surface area contributed by atoms with Crippen LogP contribution in [0.5, 0.6) is 0 Å². The summed E-state index contributed by atoms with van der Waals surface area (Å²) in [5, 5.41) is 271. The first-order valence-corrected chi connectivity index (χ1v) is 38.6. The number of aliphatic hydroxyl groups is 24. The van der Waals surface area contributed by atoms with Crippen LogP contribution in [-0.2, 0) is 85.4 Å². The molecule has 0 radical (unpaired) electrons. The minimum absolute atomic E-state index is 0.0834. The number of carbonyl (C=O) groups excluding carboxylic acids is 2. The normalized spacial score (nSPS) is 51.1. The zero-order valence-corrected chi connectivity index (χ0v) is 62.5. The van der Waals surface area contributed by atoms with Crippen LogP contribution in [0, 0.1) is 22.7 Å². The van der Waals surface area contributed by atoms with Crippen molar-refractivity contribution in [1.82, 2.24) is 5.48 Å². The summed E-state index contributed by atoms with van der Waals surface area (Å²) in [4.78, 5) is 27.8. The summed E-state index contributed by atoms with van der Waals surface area (Å²) in [5.41, 5.74) is -0.270. The van der Waals surface area contributed by atoms with Gasteiger partial charge in [-0.15, -0.1) is 0 Å². The van der Waals surface area contributed by atoms with Crippen molar-refractivity contribution in [2.45, 2.75) is 336 Å². The van der Waals surface area contributed by atoms with E-state index in [2.05, 4.69) is 13.5 Å². The number of ketones is 1. The summed E-state index contributed by atoms with van der Waals surface area (Å²) in [6, 6.07) is -1.78. The van der Waals surface area contributed by atoms with Crippen molar-refractivity contribution in [3.8, 4) is 0 Å². The van der Waals surface area contributed by atoms with E-state index < -0.39 is 321 Å². The van der Waals surface area contributed by atoms with Crippen LogP contribution in [0.2, 0.25) is 0 Å². The highest BCUT2D eigenvalue weighted by Crippen LogP contribution is 2.63. The summed E-state index contributed by atoms with van der Waals surface area (Å²) in [6.07, 6.45) is -67.1. The monoisotopic (exact) mass is 1660 g/mol. The second-order valence-corrected chi connectivity index (χ2v) is 32.2. The summed E-state index contributed by atoms with van der Waals surface area (Å²) in [7, 11) is 0. The number of ether oxygens (including phenoxy) is 16. The molecule has 0 aromatic carbocycles. The van der Waals surface area contributed by atoms with Crippen LogP contribution in [0.3, 0.4) is 0 Å². The lowest BCUT2D eigenvalue weighted by Crippen LogP contribution is -2.69. The standard InChI is InChI=1S/C70H115NO43/c1-24-7-5-13-70(24,14-10-25-8-4-9-34-68(2,11-6-12-69(25,34)3)15-35(79)108-60-36(71-98)42(85)40(83)33(107-60)23-99-61-49(92)43(86)37(80)26(16-72)100-61)114-67-59(113-63-51(94)45(88)39(82)28(18-74)102-63)58(41(84)29(19-75)103-67)112-66-54(97)48(91)57(32(22-78)106-66)111-65-53(96)47(90)56(31(21-77)105-65)110-64-52(95)46(89)55(30(20-76)104-64)109-62-50(93)44(87)38(81)27(17-73)101-62/h25-34,36-41,43-67,71-78,80-84,86-98H,1,4-23H2,2-3H3. The lowest BCUT2D eigenvalue weighted by Gasteiger charge is -2.58. The van der Waals surface area contributed by atoms with Crippen LogP contribution < -0.4 is 5.48 Å². The van der Waals surface area contributed by atoms with Crippen molar-refractivity contribution in [3.05, 3.63) is 12.2 Å². The van der Waals surface area contributed by atoms with Crippen LogP contribution >= 0.6 is 0 Å². The van der Waals surface area contributed by atoms with Crippen LogP contribution in [0.15, 0.2) is 12.2 Å². The van der Waals surface area contributed by atoms with Gasteiger partial charge in [0.15, 0.2) is 55.9 Å². The maximum atomic E-state index is 14.3. The van der Waals surface area contributed by atoms with Crippen molar-refractivity contribution in [2.24, 2.45) is 22.7 Å². The third-order valence-corrected chi connectivity index (χ3v) is 25.2. The smallest absolute Gasteiger partial charge is 0.308 e. The molecule has 11 aliphatic rings. The first kappa shape index (κ1) is 92.0. The van der Waals surface area contributed by atoms with Gasteiger partial charge in [0.2, 0.25) is 6.29 Å². The highest BCUT2D eigenvalue weighted by molar-refractivity contribution is 5.90. The van der Waals surface area contributed by atoms with Crippen LogP contribution in [0.25, 0.3) is 0 Å². The number of esters is 1. The predicted octanol–water partition coefficient (Wildman–Crippen LogP) is -12.5. The van der Waals surface area contributed by atoms with Gasteiger partial charge in [-0.1, -0.05) is 33.3 Å². The Morgan fingerprint density at radius 1 is 0.430 bits per heavy atom. The molecule has 0 amide bonds. The summed E-state index contributed by atoms with van der Waals surface area (Å²) >= 11 is 0. The molecule has 114 heavy (non-hydrogen) atoms. The molecule has 44 heteroatoms. The Bertz CT molecular complexity index is 3080. The molecule has 0 aromatic heterocycles. The van der Waals surface area contributed by atoms with Crippen molar-refractivity contribution in [3.63, 3.8) is 0 Å². The first-order valence-electron chi connectivity index (χ1n) is 38.6. The van der Waals surface area contributed by atoms with E-state index in [0.717, 1.165) is 0 Å². The predicted molar refractivity (Wildman–Crippen MR) is 363 cm³/mol. The minimum atomic E-state index is -2.32. The van der Waals surface area contributed by atoms with Gasteiger partial charge in [0.1, 0.15) is 183 Å². The molecule has 3 aliphatic carbocycles. The number of carbonyl (C=O) groups is 2. The average Bonchev–Trinajstić information content (AvgIpc) is 0.812. The highest BCUT2D eigenvalue weighted by Gasteiger charge is 2.62. The van der Waals surface area contributed by atoms with E-state index in [0.29, 0.717) is 63.4 Å². The lowest BCUT2D eigenvalue weighted by molar-refractivity contribution is -0.406. The van der Waals surface area contributed by atoms with Gasteiger partial charge >= 0.3 is 5.97 Å². The number of rotatable bonds is 29. The van der Waals surface area contributed by atoms with Gasteiger partial charge in [-0.05, 0) is 86.0 Å². The Morgan fingerprint density at radius 3 is 1.26 bits per heavy atom. The molecule has 8 heterocycles. The molecule has 44 unspecified atom stereocenters. The summed E-state index contributed by atoms with van der Waals surface area (Å²) in [6.45, 7) is 1.09. The van der Waals surface area contributed by atoms with Crippen LogP contribution in [0.1, 0.15) is 90.9 Å². The highest BCUT2D eigenvalue weighted by atomic mass is 16.8. The largest absolute Gasteiger partial charge is 0.433 e. The topological polar surface area (TPSA) is 700 Å². The Kier molecular flexibility index (Phi) is 31.3. The van der Waals surface area contributed by atoms with Crippen molar-refractivity contribution >= 4 is 11.8 Å². The van der Waals surface area contributed by atoms with Crippen molar-refractivity contribution in [2.75, 3.05) is 52.9 Å². The third kappa shape index (κ3) is 18.5. The number of Topliss-reactive ketones (excluding diaryl/α,β-unsaturated/α-hetero) is 1. The minimum Gasteiger partial charge on any atom is -0.433 e. The van der Waals surface area contributed by atoms with E-state index in [-0.39, 0.29) is 31.1 Å². The Morgan fingerprint density at radius 2 is 0.825 bits per heavy atom. The molecule has 0 aromatic rings. The quantitative estimate of drug-likeness (QED) is 0.0188. The van der Waals surface area contributed by atoms with Gasteiger partial charge in [-0.3, -0.25) is 9.59 Å². The molecule has 658 valence electrons. The molecular formula is C70H115NO43. The van der Waals surface area contributed by atoms with Gasteiger partial charge in [0, 0.05) is 0 Å². The van der Waals surface area contributed by atoms with Gasteiger partial charge < -0.3 is 204 Å². The third-order valence-electron chi connectivity index (χ3n) is 25.2. The van der Waals surface area contributed by atoms with Gasteiger partial charge in [-0.2, -0.15) is 5.48 Å². The Hall–Kier alpha value is -2.76. The van der Waals surface area contributed by atoms with Gasteiger partial charge in [0.05, 0.1) is 64.9 Å². The maximum Gasteiger partial charge on any atom is 0.308 e. The molecule has 8 saturated heterocycles. The molecule has 0 spiro atoms. The fraction of sp³-hybridized carbons (Fsp3) is 0.943. The van der Waals surface area contributed by atoms with Crippen LogP contribution in [-0.4, -0.2) is 437 Å². The van der Waals surface area contributed by atoms with Crippen molar-refractivity contribution < 1.29 is 213 Å². The van der Waals surface area contributed by atoms with E-state index in [4.69, 9.17) is 75.8 Å². The zero-order valence-electron chi connectivity index (χ0n) is 62.5. The van der Waals surface area contributed by atoms with Gasteiger partial charge in [-0.25, -0.2) is 0 Å². The number of nitrogens with one attached hydrogen (secondary N) is 1. The molecular weight excluding hydrogens is 1540 g/mol. The second-order valence-electron chi connectivity index (χ2n) is 32.2. The molecule has 11 fully saturated rings. The molecule has 44 atom stereocenters. The van der Waals surface area contributed by atoms with Crippen LogP contribution in [0.4, 0.5) is 0 Å². The zero-order chi connectivity index (χ0) is 83.1. The van der Waals surface area contributed by atoms with E-state index in [1.165, 1.54) is 0 Å². The maximum absolute atomic E-state index is 14.3. The van der Waals surface area contributed by atoms with E-state index in [1.54, 1.807) is 5.48 Å². The van der Waals surface area contributed by atoms with E-state index in [1.807, 2.05) is 6.92 Å². The Balaban J connectivity index is 0.772. The number of hydrogen-bond acceptors (Lipinski definition) is 44. The molecule has 3 saturated carbocycles. The van der Waals surface area contributed by atoms with E-state index >= 15 is 0 Å². The average molecular weight is 1660 g/mol. The number of fused-ring (bicyclic) bond motifs is 1. The SMILES string of the molecule is C=C1CCCC1(CCC1CCCC2C(C)(CC(=O)OC3OC(COC4OC(CO)C(O)C(O)C4O)C(O)C(=O)C3NO)CCCC12C)OC1OC(CO)C(O)C(OC2OC(CO)C(OC3OC(CO)C(OC4OC(CO)C(OC5OC(CO)C(O)C(O)C5O)C(O)C4O)C(O)C3O)C(O)C2O)C1OC1OC(CO)C(O)C(O)C1O. The molecule has 8 aliphatic heterocycles. The lowest BCUT2D eigenvalue weighted by atomic mass is 9.46. The number of hydrogen-bond donors (Lipinski definition) is 26.